The fraction of sp³-hybridized carbons (Fsp3) is 0.200. The Bertz CT molecular complexity index is 602. The van der Waals surface area contributed by atoms with E-state index in [1.54, 1.807) is 18.2 Å². The molecule has 0 fully saturated rings. The number of hydrogen-bond acceptors (Lipinski definition) is 3. The van der Waals surface area contributed by atoms with E-state index < -0.39 is 11.6 Å². The highest BCUT2D eigenvalue weighted by molar-refractivity contribution is 5.67. The third kappa shape index (κ3) is 3.17. The van der Waals surface area contributed by atoms with Gasteiger partial charge in [-0.2, -0.15) is 0 Å². The van der Waals surface area contributed by atoms with Gasteiger partial charge in [-0.25, -0.2) is 8.78 Å². The van der Waals surface area contributed by atoms with Gasteiger partial charge in [0, 0.05) is 11.8 Å². The Hall–Kier alpha value is -2.30. The molecular weight excluding hydrogens is 262 g/mol. The summed E-state index contributed by atoms with van der Waals surface area (Å²) in [6.07, 6.45) is 0.857. The van der Waals surface area contributed by atoms with Gasteiger partial charge in [0.15, 0.2) is 11.6 Å². The van der Waals surface area contributed by atoms with Gasteiger partial charge in [-0.1, -0.05) is 13.0 Å². The predicted octanol–water partition coefficient (Wildman–Crippen LogP) is 4.08. The summed E-state index contributed by atoms with van der Waals surface area (Å²) in [4.78, 5) is 0. The van der Waals surface area contributed by atoms with Gasteiger partial charge >= 0.3 is 0 Å². The zero-order chi connectivity index (χ0) is 14.5. The monoisotopic (exact) mass is 278 g/mol. The first kappa shape index (κ1) is 14.1. The van der Waals surface area contributed by atoms with E-state index in [-0.39, 0.29) is 5.69 Å². The standard InChI is InChI=1S/C15H16F2N2O/c1-2-8-20-14-9-10(6-7-12(14)18)19-13-5-3-4-11(16)15(13)17/h3-7,9,19H,2,8,18H2,1H3. The zero-order valence-electron chi connectivity index (χ0n) is 11.1. The van der Waals surface area contributed by atoms with E-state index in [0.717, 1.165) is 12.5 Å². The van der Waals surface area contributed by atoms with E-state index >= 15 is 0 Å². The first-order chi connectivity index (χ1) is 9.61. The number of hydrogen-bond donors (Lipinski definition) is 2. The summed E-state index contributed by atoms with van der Waals surface area (Å²) in [6.45, 7) is 2.53. The van der Waals surface area contributed by atoms with Gasteiger partial charge in [0.25, 0.3) is 0 Å². The predicted molar refractivity (Wildman–Crippen MR) is 76.3 cm³/mol. The number of nitrogens with one attached hydrogen (secondary N) is 1. The number of anilines is 3. The van der Waals surface area contributed by atoms with Crippen LogP contribution >= 0.6 is 0 Å². The van der Waals surface area contributed by atoms with Gasteiger partial charge in [0.1, 0.15) is 5.75 Å². The van der Waals surface area contributed by atoms with Crippen LogP contribution in [0.3, 0.4) is 0 Å². The molecule has 0 saturated heterocycles. The molecule has 5 heteroatoms. The maximum absolute atomic E-state index is 13.6. The summed E-state index contributed by atoms with van der Waals surface area (Å²) in [5, 5.41) is 2.81. The molecule has 2 aromatic rings. The summed E-state index contributed by atoms with van der Waals surface area (Å²) in [5.74, 6) is -1.29. The minimum atomic E-state index is -0.916. The molecule has 0 heterocycles. The average Bonchev–Trinajstić information content (AvgIpc) is 2.44. The molecule has 0 aromatic heterocycles. The van der Waals surface area contributed by atoms with Crippen molar-refractivity contribution in [2.24, 2.45) is 0 Å². The van der Waals surface area contributed by atoms with Gasteiger partial charge in [-0.15, -0.1) is 0 Å². The van der Waals surface area contributed by atoms with Gasteiger partial charge < -0.3 is 15.8 Å². The maximum atomic E-state index is 13.6. The Morgan fingerprint density at radius 2 is 2.00 bits per heavy atom. The van der Waals surface area contributed by atoms with Crippen LogP contribution in [-0.4, -0.2) is 6.61 Å². The molecule has 2 rings (SSSR count). The fourth-order valence-corrected chi connectivity index (χ4v) is 1.70. The van der Waals surface area contributed by atoms with Gasteiger partial charge in [0.05, 0.1) is 18.0 Å². The van der Waals surface area contributed by atoms with Crippen molar-refractivity contribution in [3.63, 3.8) is 0 Å². The first-order valence-electron chi connectivity index (χ1n) is 6.35. The number of halogens is 2. The van der Waals surface area contributed by atoms with E-state index in [9.17, 15) is 8.78 Å². The molecule has 0 unspecified atom stereocenters. The highest BCUT2D eigenvalue weighted by atomic mass is 19.2. The Labute approximate surface area is 116 Å². The molecular formula is C15H16F2N2O. The molecule has 20 heavy (non-hydrogen) atoms. The van der Waals surface area contributed by atoms with Crippen molar-refractivity contribution < 1.29 is 13.5 Å². The largest absolute Gasteiger partial charge is 0.491 e. The highest BCUT2D eigenvalue weighted by Crippen LogP contribution is 2.28. The smallest absolute Gasteiger partial charge is 0.182 e. The van der Waals surface area contributed by atoms with Crippen LogP contribution in [0.2, 0.25) is 0 Å². The van der Waals surface area contributed by atoms with E-state index in [0.29, 0.717) is 23.7 Å². The molecule has 3 nitrogen and oxygen atoms in total. The van der Waals surface area contributed by atoms with Gasteiger partial charge in [-0.05, 0) is 30.7 Å². The van der Waals surface area contributed by atoms with Crippen LogP contribution in [0.5, 0.6) is 5.75 Å². The Morgan fingerprint density at radius 1 is 1.20 bits per heavy atom. The van der Waals surface area contributed by atoms with Crippen LogP contribution in [-0.2, 0) is 0 Å². The van der Waals surface area contributed by atoms with Crippen LogP contribution in [0.25, 0.3) is 0 Å². The zero-order valence-corrected chi connectivity index (χ0v) is 11.1. The van der Waals surface area contributed by atoms with Crippen molar-refractivity contribution in [2.45, 2.75) is 13.3 Å². The van der Waals surface area contributed by atoms with Crippen LogP contribution in [0.15, 0.2) is 36.4 Å². The summed E-state index contributed by atoms with van der Waals surface area (Å²) >= 11 is 0. The molecule has 0 aliphatic heterocycles. The van der Waals surface area contributed by atoms with Crippen molar-refractivity contribution >= 4 is 17.1 Å². The molecule has 0 aliphatic carbocycles. The molecule has 106 valence electrons. The van der Waals surface area contributed by atoms with E-state index in [4.69, 9.17) is 10.5 Å². The summed E-state index contributed by atoms with van der Waals surface area (Å²) in [6, 6.07) is 8.96. The topological polar surface area (TPSA) is 47.3 Å². The van der Waals surface area contributed by atoms with Crippen molar-refractivity contribution in [1.82, 2.24) is 0 Å². The lowest BCUT2D eigenvalue weighted by Crippen LogP contribution is -2.01. The minimum absolute atomic E-state index is 0.0659. The summed E-state index contributed by atoms with van der Waals surface area (Å²) in [5.41, 5.74) is 6.94. The van der Waals surface area contributed by atoms with Gasteiger partial charge in [0.2, 0.25) is 0 Å². The maximum Gasteiger partial charge on any atom is 0.182 e. The number of nitrogens with two attached hydrogens (primary N) is 1. The molecule has 0 amide bonds. The van der Waals surface area contributed by atoms with E-state index in [1.165, 1.54) is 12.1 Å². The van der Waals surface area contributed by atoms with Crippen molar-refractivity contribution in [1.29, 1.82) is 0 Å². The average molecular weight is 278 g/mol. The Morgan fingerprint density at radius 3 is 2.75 bits per heavy atom. The van der Waals surface area contributed by atoms with Crippen LogP contribution in [0.1, 0.15) is 13.3 Å². The SMILES string of the molecule is CCCOc1cc(Nc2cccc(F)c2F)ccc1N. The molecule has 0 radical (unpaired) electrons. The van der Waals surface area contributed by atoms with E-state index in [2.05, 4.69) is 5.32 Å². The second-order valence-electron chi connectivity index (χ2n) is 4.33. The van der Waals surface area contributed by atoms with Crippen molar-refractivity contribution in [2.75, 3.05) is 17.7 Å². The molecule has 0 saturated carbocycles. The minimum Gasteiger partial charge on any atom is -0.491 e. The van der Waals surface area contributed by atoms with Crippen LogP contribution in [0.4, 0.5) is 25.8 Å². The molecule has 3 N–H and O–H groups in total. The third-order valence-corrected chi connectivity index (χ3v) is 2.71. The Balaban J connectivity index is 2.23. The lowest BCUT2D eigenvalue weighted by Gasteiger charge is -2.12. The van der Waals surface area contributed by atoms with Crippen LogP contribution in [0, 0.1) is 11.6 Å². The van der Waals surface area contributed by atoms with Crippen molar-refractivity contribution in [3.05, 3.63) is 48.0 Å². The molecule has 0 atom stereocenters. The normalized spacial score (nSPS) is 10.3. The third-order valence-electron chi connectivity index (χ3n) is 2.71. The number of ether oxygens (including phenoxy) is 1. The van der Waals surface area contributed by atoms with Crippen LogP contribution < -0.4 is 15.8 Å². The number of nitrogen functional groups attached to an aromatic ring is 1. The fourth-order valence-electron chi connectivity index (χ4n) is 1.70. The summed E-state index contributed by atoms with van der Waals surface area (Å²) in [7, 11) is 0. The summed E-state index contributed by atoms with van der Waals surface area (Å²) < 4.78 is 32.2. The second-order valence-corrected chi connectivity index (χ2v) is 4.33. The molecule has 2 aromatic carbocycles. The molecule has 0 aliphatic rings. The molecule has 0 bridgehead atoms. The lowest BCUT2D eigenvalue weighted by atomic mass is 10.2. The Kier molecular flexibility index (Phi) is 4.40. The molecule has 0 spiro atoms. The van der Waals surface area contributed by atoms with Gasteiger partial charge in [-0.3, -0.25) is 0 Å². The second kappa shape index (κ2) is 6.23. The lowest BCUT2D eigenvalue weighted by molar-refractivity contribution is 0.319. The number of rotatable bonds is 5. The quantitative estimate of drug-likeness (QED) is 0.810. The number of benzene rings is 2. The van der Waals surface area contributed by atoms with Crippen molar-refractivity contribution in [3.8, 4) is 5.75 Å². The van der Waals surface area contributed by atoms with E-state index in [1.807, 2.05) is 6.92 Å². The first-order valence-corrected chi connectivity index (χ1v) is 6.35. The highest BCUT2D eigenvalue weighted by Gasteiger charge is 2.09.